The molecule has 44 heavy (non-hydrogen) atoms. The van der Waals surface area contributed by atoms with Crippen molar-refractivity contribution >= 4 is 0 Å². The molecule has 0 saturated carbocycles. The van der Waals surface area contributed by atoms with E-state index in [1.807, 2.05) is 0 Å². The van der Waals surface area contributed by atoms with Gasteiger partial charge in [0.25, 0.3) is 0 Å². The summed E-state index contributed by atoms with van der Waals surface area (Å²) in [4.78, 5) is 5.53. The van der Waals surface area contributed by atoms with Gasteiger partial charge in [-0.3, -0.25) is 0 Å². The van der Waals surface area contributed by atoms with E-state index in [9.17, 15) is 0 Å². The van der Waals surface area contributed by atoms with Gasteiger partial charge in [0.05, 0.1) is 0 Å². The fourth-order valence-electron chi connectivity index (χ4n) is 6.91. The molecule has 0 atom stereocenters. The average Bonchev–Trinajstić information content (AvgIpc) is 3.03. The Morgan fingerprint density at radius 1 is 0.295 bits per heavy atom. The van der Waals surface area contributed by atoms with Crippen LogP contribution in [0.4, 0.5) is 0 Å². The number of hydrogen-bond acceptors (Lipinski definition) is 4. The first-order valence-corrected chi connectivity index (χ1v) is 20.7. The predicted octanol–water partition coefficient (Wildman–Crippen LogP) is 10.7. The van der Waals surface area contributed by atoms with Crippen LogP contribution in [0.1, 0.15) is 194 Å². The normalized spacial score (nSPS) is 16.2. The quantitative estimate of drug-likeness (QED) is 0.0782. The maximum atomic E-state index is 3.66. The van der Waals surface area contributed by atoms with E-state index in [0.29, 0.717) is 0 Å². The third-order valence-electron chi connectivity index (χ3n) is 10.1. The maximum absolute atomic E-state index is 3.66. The van der Waals surface area contributed by atoms with Gasteiger partial charge < -0.3 is 20.4 Å². The van der Waals surface area contributed by atoms with Gasteiger partial charge in [-0.15, -0.1) is 0 Å². The summed E-state index contributed by atoms with van der Waals surface area (Å²) in [5.41, 5.74) is 0. The molecule has 1 heterocycles. The van der Waals surface area contributed by atoms with Gasteiger partial charge in [-0.05, 0) is 25.9 Å². The van der Waals surface area contributed by atoms with Gasteiger partial charge >= 0.3 is 0 Å². The van der Waals surface area contributed by atoms with Crippen LogP contribution in [-0.2, 0) is 0 Å². The van der Waals surface area contributed by atoms with Crippen molar-refractivity contribution in [2.24, 2.45) is 0 Å². The molecule has 2 N–H and O–H groups in total. The lowest BCUT2D eigenvalue weighted by molar-refractivity contribution is 0.195. The second-order valence-corrected chi connectivity index (χ2v) is 14.4. The molecule has 1 rings (SSSR count). The first-order valence-electron chi connectivity index (χ1n) is 20.7. The number of nitrogens with zero attached hydrogens (tertiary/aromatic N) is 2. The molecule has 4 heteroatoms. The topological polar surface area (TPSA) is 30.5 Å². The van der Waals surface area contributed by atoms with Crippen molar-refractivity contribution in [3.8, 4) is 0 Å². The highest BCUT2D eigenvalue weighted by Crippen LogP contribution is 2.15. The van der Waals surface area contributed by atoms with Crippen LogP contribution in [0.5, 0.6) is 0 Å². The Labute approximate surface area is 279 Å². The molecule has 0 aliphatic carbocycles. The minimum Gasteiger partial charge on any atom is -0.314 e. The number of rotatable bonds is 30. The van der Waals surface area contributed by atoms with Gasteiger partial charge in [-0.25, -0.2) is 0 Å². The molecule has 0 spiro atoms. The highest BCUT2D eigenvalue weighted by atomic mass is 15.2. The zero-order valence-corrected chi connectivity index (χ0v) is 30.8. The van der Waals surface area contributed by atoms with Gasteiger partial charge in [-0.2, -0.15) is 0 Å². The van der Waals surface area contributed by atoms with Crippen LogP contribution in [0.3, 0.4) is 0 Å². The van der Waals surface area contributed by atoms with E-state index in [0.717, 1.165) is 26.2 Å². The van der Waals surface area contributed by atoms with Gasteiger partial charge in [0.15, 0.2) is 0 Å². The van der Waals surface area contributed by atoms with Gasteiger partial charge in [0.2, 0.25) is 0 Å². The van der Waals surface area contributed by atoms with Crippen LogP contribution in [0.2, 0.25) is 0 Å². The first-order chi connectivity index (χ1) is 21.9. The van der Waals surface area contributed by atoms with Crippen LogP contribution in [0.15, 0.2) is 0 Å². The van der Waals surface area contributed by atoms with Crippen molar-refractivity contribution in [1.29, 1.82) is 0 Å². The molecule has 0 aromatic heterocycles. The highest BCUT2D eigenvalue weighted by molar-refractivity contribution is 4.68. The molecule has 1 aliphatic heterocycles. The average molecular weight is 621 g/mol. The molecule has 0 aromatic rings. The fourth-order valence-corrected chi connectivity index (χ4v) is 6.91. The molecule has 1 aliphatic rings. The third kappa shape index (κ3) is 30.5. The number of hydrogen-bond donors (Lipinski definition) is 2. The lowest BCUT2D eigenvalue weighted by atomic mass is 10.0. The summed E-state index contributed by atoms with van der Waals surface area (Å²) >= 11 is 0. The van der Waals surface area contributed by atoms with E-state index < -0.39 is 0 Å². The molecule has 0 unspecified atom stereocenters. The van der Waals surface area contributed by atoms with Crippen LogP contribution < -0.4 is 10.6 Å². The Bertz CT molecular complexity index is 482. The van der Waals surface area contributed by atoms with Crippen LogP contribution in [-0.4, -0.2) is 75.2 Å². The zero-order valence-electron chi connectivity index (χ0n) is 30.8. The second-order valence-electron chi connectivity index (χ2n) is 14.4. The number of nitrogens with one attached hydrogen (secondary N) is 2. The molecule has 4 nitrogen and oxygen atoms in total. The predicted molar refractivity (Wildman–Crippen MR) is 199 cm³/mol. The Hall–Kier alpha value is -0.160. The molecule has 0 bridgehead atoms. The van der Waals surface area contributed by atoms with Crippen LogP contribution in [0, 0.1) is 0 Å². The molecule has 264 valence electrons. The van der Waals surface area contributed by atoms with Crippen LogP contribution >= 0.6 is 0 Å². The lowest BCUT2D eigenvalue weighted by Crippen LogP contribution is -2.44. The van der Waals surface area contributed by atoms with Crippen molar-refractivity contribution in [2.45, 2.75) is 194 Å². The second kappa shape index (κ2) is 35.7. The summed E-state index contributed by atoms with van der Waals surface area (Å²) in [6, 6.07) is 0. The Morgan fingerprint density at radius 2 is 0.545 bits per heavy atom. The monoisotopic (exact) mass is 621 g/mol. The smallest absolute Gasteiger partial charge is 0.0110 e. The maximum Gasteiger partial charge on any atom is 0.0110 e. The minimum atomic E-state index is 1.10. The molecule has 1 saturated heterocycles. The SMILES string of the molecule is CCCCCCCCCCCCCCCCN1CCNCCNCCN(CCCCCCCCCCCCCCCC)CC1. The third-order valence-corrected chi connectivity index (χ3v) is 10.1. The summed E-state index contributed by atoms with van der Waals surface area (Å²) in [6.45, 7) is 16.6. The first kappa shape index (κ1) is 41.9. The number of unbranched alkanes of at least 4 members (excludes halogenated alkanes) is 26. The molecular weight excluding hydrogens is 536 g/mol. The van der Waals surface area contributed by atoms with Gasteiger partial charge in [0, 0.05) is 52.4 Å². The molecule has 0 amide bonds. The van der Waals surface area contributed by atoms with E-state index in [4.69, 9.17) is 0 Å². The molecule has 0 aromatic carbocycles. The Kier molecular flexibility index (Phi) is 34.0. The molecular formula is C40H84N4. The van der Waals surface area contributed by atoms with Gasteiger partial charge in [0.1, 0.15) is 0 Å². The largest absolute Gasteiger partial charge is 0.314 e. The van der Waals surface area contributed by atoms with Crippen molar-refractivity contribution in [2.75, 3.05) is 65.4 Å². The summed E-state index contributed by atoms with van der Waals surface area (Å²) in [7, 11) is 0. The van der Waals surface area contributed by atoms with Crippen molar-refractivity contribution in [1.82, 2.24) is 20.4 Å². The highest BCUT2D eigenvalue weighted by Gasteiger charge is 2.10. The van der Waals surface area contributed by atoms with E-state index >= 15 is 0 Å². The van der Waals surface area contributed by atoms with Crippen molar-refractivity contribution < 1.29 is 0 Å². The van der Waals surface area contributed by atoms with Crippen LogP contribution in [0.25, 0.3) is 0 Å². The summed E-state index contributed by atoms with van der Waals surface area (Å²) in [5, 5.41) is 7.32. The standard InChI is InChI=1S/C40H84N4/c1-3-5-7-9-11-13-15-17-19-21-23-25-27-29-35-43-37-33-41-31-32-42-34-38-44(40-39-43)36-30-28-26-24-22-20-18-16-14-12-10-8-6-4-2/h41-42H,3-40H2,1-2H3. The molecule has 0 radical (unpaired) electrons. The Morgan fingerprint density at radius 3 is 0.818 bits per heavy atom. The van der Waals surface area contributed by atoms with E-state index in [1.54, 1.807) is 0 Å². The molecule has 1 fully saturated rings. The summed E-state index contributed by atoms with van der Waals surface area (Å²) < 4.78 is 0. The van der Waals surface area contributed by atoms with E-state index in [2.05, 4.69) is 34.3 Å². The zero-order chi connectivity index (χ0) is 31.4. The fraction of sp³-hybridized carbons (Fsp3) is 1.00. The van der Waals surface area contributed by atoms with E-state index in [-0.39, 0.29) is 0 Å². The van der Waals surface area contributed by atoms with E-state index in [1.165, 1.54) is 219 Å². The van der Waals surface area contributed by atoms with Crippen molar-refractivity contribution in [3.05, 3.63) is 0 Å². The van der Waals surface area contributed by atoms with Crippen molar-refractivity contribution in [3.63, 3.8) is 0 Å². The lowest BCUT2D eigenvalue weighted by Gasteiger charge is -2.29. The van der Waals surface area contributed by atoms with Gasteiger partial charge in [-0.1, -0.05) is 181 Å². The summed E-state index contributed by atoms with van der Waals surface area (Å²) in [6.07, 6.45) is 40.5. The Balaban J connectivity index is 2.07. The summed E-state index contributed by atoms with van der Waals surface area (Å²) in [5.74, 6) is 0. The minimum absolute atomic E-state index is 1.10.